The van der Waals surface area contributed by atoms with Gasteiger partial charge in [-0.15, -0.1) is 11.3 Å². The van der Waals surface area contributed by atoms with Gasteiger partial charge in [-0.05, 0) is 35.2 Å². The number of nitriles is 1. The molecule has 1 aliphatic heterocycles. The van der Waals surface area contributed by atoms with Gasteiger partial charge in [0.05, 0.1) is 37.0 Å². The van der Waals surface area contributed by atoms with Gasteiger partial charge in [-0.2, -0.15) is 5.26 Å². The van der Waals surface area contributed by atoms with E-state index in [2.05, 4.69) is 6.07 Å². The number of aliphatic hydroxyl groups is 1. The summed E-state index contributed by atoms with van der Waals surface area (Å²) in [4.78, 5) is 15.3. The van der Waals surface area contributed by atoms with Crippen molar-refractivity contribution in [2.24, 2.45) is 0 Å². The fraction of sp³-hybridized carbons (Fsp3) is 0.300. The second-order valence-electron chi connectivity index (χ2n) is 6.10. The van der Waals surface area contributed by atoms with Crippen LogP contribution < -0.4 is 0 Å². The van der Waals surface area contributed by atoms with Gasteiger partial charge in [-0.25, -0.2) is 0 Å². The molecule has 5 nitrogen and oxygen atoms in total. The first-order valence-electron chi connectivity index (χ1n) is 8.45. The lowest BCUT2D eigenvalue weighted by atomic mass is 10.1. The summed E-state index contributed by atoms with van der Waals surface area (Å²) in [7, 11) is 0. The predicted octanol–water partition coefficient (Wildman–Crippen LogP) is 2.98. The molecule has 2 atom stereocenters. The van der Waals surface area contributed by atoms with E-state index in [0.29, 0.717) is 31.7 Å². The molecule has 2 heterocycles. The van der Waals surface area contributed by atoms with Crippen molar-refractivity contribution >= 4 is 23.3 Å². The molecule has 2 aromatic rings. The van der Waals surface area contributed by atoms with Gasteiger partial charge < -0.3 is 14.7 Å². The topological polar surface area (TPSA) is 73.6 Å². The number of rotatable bonds is 5. The van der Waals surface area contributed by atoms with Crippen LogP contribution in [-0.4, -0.2) is 41.7 Å². The minimum Gasteiger partial charge on any atom is -0.387 e. The first kappa shape index (κ1) is 18.3. The SMILES string of the molecule is N#Cc1cccc(/C=C/C(=O)N2CCOCC2CC(O)c2cccs2)c1. The summed E-state index contributed by atoms with van der Waals surface area (Å²) in [5.74, 6) is -0.112. The summed E-state index contributed by atoms with van der Waals surface area (Å²) in [5.41, 5.74) is 1.36. The van der Waals surface area contributed by atoms with Crippen LogP contribution in [0.1, 0.15) is 28.5 Å². The van der Waals surface area contributed by atoms with E-state index in [9.17, 15) is 9.90 Å². The Labute approximate surface area is 156 Å². The lowest BCUT2D eigenvalue weighted by Crippen LogP contribution is -2.48. The quantitative estimate of drug-likeness (QED) is 0.824. The van der Waals surface area contributed by atoms with Crippen LogP contribution in [0.2, 0.25) is 0 Å². The van der Waals surface area contributed by atoms with Crippen LogP contribution in [0.25, 0.3) is 6.08 Å². The number of thiophene rings is 1. The van der Waals surface area contributed by atoms with E-state index in [0.717, 1.165) is 10.4 Å². The molecule has 1 fully saturated rings. The van der Waals surface area contributed by atoms with Gasteiger partial charge in [-0.1, -0.05) is 18.2 Å². The molecule has 0 radical (unpaired) electrons. The van der Waals surface area contributed by atoms with Gasteiger partial charge in [0.2, 0.25) is 5.91 Å². The Morgan fingerprint density at radius 1 is 1.46 bits per heavy atom. The number of morpholine rings is 1. The number of hydrogen-bond donors (Lipinski definition) is 1. The second kappa shape index (κ2) is 8.77. The molecule has 26 heavy (non-hydrogen) atoms. The summed E-state index contributed by atoms with van der Waals surface area (Å²) in [5, 5.41) is 21.3. The summed E-state index contributed by atoms with van der Waals surface area (Å²) >= 11 is 1.51. The predicted molar refractivity (Wildman–Crippen MR) is 100 cm³/mol. The van der Waals surface area contributed by atoms with Gasteiger partial charge in [0.15, 0.2) is 0 Å². The van der Waals surface area contributed by atoms with Crippen molar-refractivity contribution in [2.45, 2.75) is 18.6 Å². The van der Waals surface area contributed by atoms with Gasteiger partial charge in [0.25, 0.3) is 0 Å². The molecular weight excluding hydrogens is 348 g/mol. The fourth-order valence-electron chi connectivity index (χ4n) is 2.97. The highest BCUT2D eigenvalue weighted by atomic mass is 32.1. The van der Waals surface area contributed by atoms with E-state index in [1.54, 1.807) is 29.2 Å². The zero-order valence-corrected chi connectivity index (χ0v) is 15.1. The molecule has 3 rings (SSSR count). The number of nitrogens with zero attached hydrogens (tertiary/aromatic N) is 2. The molecule has 1 saturated heterocycles. The molecule has 1 amide bonds. The molecular formula is C20H20N2O3S. The molecule has 0 spiro atoms. The number of carbonyl (C=O) groups is 1. The third-order valence-electron chi connectivity index (χ3n) is 4.31. The van der Waals surface area contributed by atoms with Crippen LogP contribution in [-0.2, 0) is 9.53 Å². The van der Waals surface area contributed by atoms with E-state index in [4.69, 9.17) is 10.00 Å². The largest absolute Gasteiger partial charge is 0.387 e. The maximum atomic E-state index is 12.6. The maximum absolute atomic E-state index is 12.6. The number of carbonyl (C=O) groups excluding carboxylic acids is 1. The van der Waals surface area contributed by atoms with Crippen LogP contribution in [0.3, 0.4) is 0 Å². The Kier molecular flexibility index (Phi) is 6.18. The number of hydrogen-bond acceptors (Lipinski definition) is 5. The summed E-state index contributed by atoms with van der Waals surface area (Å²) < 4.78 is 5.51. The Morgan fingerprint density at radius 2 is 2.35 bits per heavy atom. The normalized spacial score (nSPS) is 18.6. The average molecular weight is 368 g/mol. The van der Waals surface area contributed by atoms with Gasteiger partial charge in [0.1, 0.15) is 0 Å². The molecule has 2 unspecified atom stereocenters. The highest BCUT2D eigenvalue weighted by Crippen LogP contribution is 2.26. The third-order valence-corrected chi connectivity index (χ3v) is 5.29. The van der Waals surface area contributed by atoms with Crippen molar-refractivity contribution in [1.29, 1.82) is 5.26 Å². The zero-order chi connectivity index (χ0) is 18.4. The lowest BCUT2D eigenvalue weighted by molar-refractivity contribution is -0.135. The van der Waals surface area contributed by atoms with Crippen molar-refractivity contribution < 1.29 is 14.6 Å². The van der Waals surface area contributed by atoms with Gasteiger partial charge >= 0.3 is 0 Å². The molecule has 0 aliphatic carbocycles. The Bertz CT molecular complexity index is 811. The number of benzene rings is 1. The van der Waals surface area contributed by atoms with Gasteiger partial charge in [-0.3, -0.25) is 4.79 Å². The monoisotopic (exact) mass is 368 g/mol. The standard InChI is InChI=1S/C20H20N2O3S/c21-13-16-4-1-3-15(11-16)6-7-20(24)22-8-9-25-14-17(22)12-18(23)19-5-2-10-26-19/h1-7,10-11,17-18,23H,8-9,12,14H2/b7-6+. The van der Waals surface area contributed by atoms with E-state index < -0.39 is 6.10 Å². The fourth-order valence-corrected chi connectivity index (χ4v) is 3.69. The maximum Gasteiger partial charge on any atom is 0.246 e. The molecule has 1 aromatic heterocycles. The van der Waals surface area contributed by atoms with Crippen molar-refractivity contribution in [3.63, 3.8) is 0 Å². The molecule has 1 aliphatic rings. The Hall–Kier alpha value is -2.46. The van der Waals surface area contributed by atoms with Crippen LogP contribution in [0.15, 0.2) is 47.9 Å². The zero-order valence-electron chi connectivity index (χ0n) is 14.2. The van der Waals surface area contributed by atoms with Crippen LogP contribution >= 0.6 is 11.3 Å². The highest BCUT2D eigenvalue weighted by molar-refractivity contribution is 7.10. The minimum absolute atomic E-state index is 0.112. The Balaban J connectivity index is 1.67. The molecule has 134 valence electrons. The van der Waals surface area contributed by atoms with Crippen LogP contribution in [0.5, 0.6) is 0 Å². The minimum atomic E-state index is -0.603. The van der Waals surface area contributed by atoms with Gasteiger partial charge in [0, 0.05) is 23.9 Å². The van der Waals surface area contributed by atoms with E-state index in [1.165, 1.54) is 17.4 Å². The first-order chi connectivity index (χ1) is 12.7. The van der Waals surface area contributed by atoms with Crippen LogP contribution in [0, 0.1) is 11.3 Å². The Morgan fingerprint density at radius 3 is 3.12 bits per heavy atom. The van der Waals surface area contributed by atoms with Crippen molar-refractivity contribution in [2.75, 3.05) is 19.8 Å². The molecule has 0 saturated carbocycles. The molecule has 1 N–H and O–H groups in total. The average Bonchev–Trinajstić information content (AvgIpc) is 3.21. The number of aliphatic hydroxyl groups excluding tert-OH is 1. The highest BCUT2D eigenvalue weighted by Gasteiger charge is 2.28. The summed E-state index contributed by atoms with van der Waals surface area (Å²) in [6.45, 7) is 1.42. The van der Waals surface area contributed by atoms with Crippen molar-refractivity contribution in [3.8, 4) is 6.07 Å². The first-order valence-corrected chi connectivity index (χ1v) is 9.33. The molecule has 1 aromatic carbocycles. The van der Waals surface area contributed by atoms with Crippen molar-refractivity contribution in [1.82, 2.24) is 4.90 Å². The smallest absolute Gasteiger partial charge is 0.246 e. The lowest BCUT2D eigenvalue weighted by Gasteiger charge is -2.36. The van der Waals surface area contributed by atoms with Crippen LogP contribution in [0.4, 0.5) is 0 Å². The molecule has 0 bridgehead atoms. The summed E-state index contributed by atoms with van der Waals surface area (Å²) in [6, 6.07) is 12.8. The second-order valence-corrected chi connectivity index (χ2v) is 7.08. The van der Waals surface area contributed by atoms with E-state index in [1.807, 2.05) is 23.6 Å². The molecule has 6 heteroatoms. The number of ether oxygens (including phenoxy) is 1. The number of amides is 1. The third kappa shape index (κ3) is 4.58. The van der Waals surface area contributed by atoms with Crippen molar-refractivity contribution in [3.05, 3.63) is 63.9 Å². The summed E-state index contributed by atoms with van der Waals surface area (Å²) in [6.07, 6.45) is 3.08. The van der Waals surface area contributed by atoms with E-state index in [-0.39, 0.29) is 11.9 Å². The van der Waals surface area contributed by atoms with E-state index >= 15 is 0 Å².